The lowest BCUT2D eigenvalue weighted by Gasteiger charge is -2.44. The largest absolute Gasteiger partial charge is 0.389 e. The van der Waals surface area contributed by atoms with Gasteiger partial charge < -0.3 is 30.1 Å². The topological polar surface area (TPSA) is 100 Å². The van der Waals surface area contributed by atoms with Gasteiger partial charge in [-0.2, -0.15) is 0 Å². The van der Waals surface area contributed by atoms with Crippen molar-refractivity contribution in [1.82, 2.24) is 10.2 Å². The average Bonchev–Trinajstić information content (AvgIpc) is 2.70. The highest BCUT2D eigenvalue weighted by Crippen LogP contribution is 2.28. The lowest BCUT2D eigenvalue weighted by molar-refractivity contribution is -0.150. The summed E-state index contributed by atoms with van der Waals surface area (Å²) in [5.74, 6) is -0.383. The number of fused-ring (bicyclic) bond motifs is 1. The zero-order chi connectivity index (χ0) is 21.8. The van der Waals surface area contributed by atoms with Gasteiger partial charge in [0.1, 0.15) is 11.9 Å². The van der Waals surface area contributed by atoms with E-state index in [1.54, 1.807) is 4.90 Å². The first kappa shape index (κ1) is 22.0. The van der Waals surface area contributed by atoms with Crippen LogP contribution in [0.5, 0.6) is 0 Å². The molecule has 3 aliphatic rings. The number of aliphatic hydroxyl groups is 1. The summed E-state index contributed by atoms with van der Waals surface area (Å²) in [5.41, 5.74) is 0.470. The molecule has 3 N–H and O–H groups in total. The highest BCUT2D eigenvalue weighted by atomic mass is 19.1. The number of β-amino-alcohol motifs (C(OH)–C–C–N with tert-alkyl or cyclic N) is 1. The van der Waals surface area contributed by atoms with E-state index in [2.05, 4.69) is 10.6 Å². The van der Waals surface area contributed by atoms with E-state index >= 15 is 0 Å². The predicted octanol–water partition coefficient (Wildman–Crippen LogP) is 2.03. The van der Waals surface area contributed by atoms with Crippen LogP contribution in [-0.2, 0) is 14.3 Å². The van der Waals surface area contributed by atoms with Crippen LogP contribution < -0.4 is 10.6 Å². The molecule has 4 atom stereocenters. The molecule has 1 saturated carbocycles. The van der Waals surface area contributed by atoms with Crippen LogP contribution in [-0.4, -0.2) is 72.1 Å². The number of benzene rings is 1. The molecule has 4 rings (SSSR count). The Bertz CT molecular complexity index is 773. The van der Waals surface area contributed by atoms with Crippen molar-refractivity contribution >= 4 is 17.6 Å². The first-order valence-electron chi connectivity index (χ1n) is 11.0. The Labute approximate surface area is 181 Å². The molecule has 0 aromatic heterocycles. The van der Waals surface area contributed by atoms with Gasteiger partial charge in [-0.15, -0.1) is 0 Å². The number of carbonyl (C=O) groups is 2. The maximum atomic E-state index is 13.2. The Balaban J connectivity index is 1.39. The van der Waals surface area contributed by atoms with E-state index in [9.17, 15) is 19.1 Å². The number of ether oxygens (including phenoxy) is 2. The fourth-order valence-electron chi connectivity index (χ4n) is 4.35. The molecule has 9 heteroatoms. The van der Waals surface area contributed by atoms with Gasteiger partial charge in [0.15, 0.2) is 0 Å². The van der Waals surface area contributed by atoms with Gasteiger partial charge in [0, 0.05) is 11.7 Å². The molecule has 2 saturated heterocycles. The first-order valence-corrected chi connectivity index (χ1v) is 11.0. The van der Waals surface area contributed by atoms with Crippen LogP contribution in [0.3, 0.4) is 0 Å². The van der Waals surface area contributed by atoms with Crippen LogP contribution in [0.4, 0.5) is 14.9 Å². The summed E-state index contributed by atoms with van der Waals surface area (Å²) in [6.45, 7) is 0.437. The van der Waals surface area contributed by atoms with E-state index < -0.39 is 6.10 Å². The number of anilines is 1. The van der Waals surface area contributed by atoms with Crippen LogP contribution in [0.15, 0.2) is 24.3 Å². The number of aliphatic hydroxyl groups excluding tert-OH is 1. The normalized spacial score (nSPS) is 29.2. The number of carbonyl (C=O) groups excluding carboxylic acids is 2. The van der Waals surface area contributed by atoms with Crippen molar-refractivity contribution in [2.45, 2.75) is 68.9 Å². The first-order chi connectivity index (χ1) is 15.0. The van der Waals surface area contributed by atoms with Crippen molar-refractivity contribution < 1.29 is 28.6 Å². The molecular formula is C22H30FN3O5. The molecule has 2 heterocycles. The monoisotopic (exact) mass is 435 g/mol. The molecule has 2 aliphatic heterocycles. The summed E-state index contributed by atoms with van der Waals surface area (Å²) >= 11 is 0. The number of halogens is 1. The number of nitrogens with one attached hydrogen (secondary N) is 2. The van der Waals surface area contributed by atoms with Gasteiger partial charge in [0.2, 0.25) is 5.91 Å². The lowest BCUT2D eigenvalue weighted by atomic mass is 9.92. The SMILES string of the molecule is O=C(C[C@@H]1CC[C@@H]2[C@H](COC[C@H](O)CN2C(=O)Nc2ccc(F)cc2)O1)NC1CCC1. The molecule has 3 amide bonds. The highest BCUT2D eigenvalue weighted by Gasteiger charge is 2.40. The zero-order valence-corrected chi connectivity index (χ0v) is 17.5. The summed E-state index contributed by atoms with van der Waals surface area (Å²) in [6.07, 6.45) is 3.38. The lowest BCUT2D eigenvalue weighted by Crippen LogP contribution is -2.58. The van der Waals surface area contributed by atoms with Crippen molar-refractivity contribution in [3.63, 3.8) is 0 Å². The second kappa shape index (κ2) is 9.93. The number of rotatable bonds is 4. The van der Waals surface area contributed by atoms with Crippen LogP contribution in [0.25, 0.3) is 0 Å². The molecule has 1 aromatic carbocycles. The van der Waals surface area contributed by atoms with E-state index in [1.165, 1.54) is 24.3 Å². The van der Waals surface area contributed by atoms with Crippen molar-refractivity contribution in [2.24, 2.45) is 0 Å². The van der Waals surface area contributed by atoms with E-state index in [0.29, 0.717) is 31.0 Å². The van der Waals surface area contributed by atoms with Gasteiger partial charge in [0.25, 0.3) is 0 Å². The van der Waals surface area contributed by atoms with Gasteiger partial charge in [0.05, 0.1) is 44.4 Å². The maximum absolute atomic E-state index is 13.2. The quantitative estimate of drug-likeness (QED) is 0.672. The Morgan fingerprint density at radius 1 is 1.13 bits per heavy atom. The van der Waals surface area contributed by atoms with Crippen molar-refractivity contribution in [3.8, 4) is 0 Å². The summed E-state index contributed by atoms with van der Waals surface area (Å²) < 4.78 is 24.9. The third kappa shape index (κ3) is 5.72. The summed E-state index contributed by atoms with van der Waals surface area (Å²) in [5, 5.41) is 16.0. The third-order valence-electron chi connectivity index (χ3n) is 6.22. The third-order valence-corrected chi connectivity index (χ3v) is 6.22. The van der Waals surface area contributed by atoms with Crippen LogP contribution in [0.1, 0.15) is 38.5 Å². The minimum Gasteiger partial charge on any atom is -0.389 e. The van der Waals surface area contributed by atoms with E-state index in [1.807, 2.05) is 0 Å². The average molecular weight is 435 g/mol. The van der Waals surface area contributed by atoms with Gasteiger partial charge in [-0.25, -0.2) is 9.18 Å². The van der Waals surface area contributed by atoms with Crippen molar-refractivity contribution in [1.29, 1.82) is 0 Å². The summed E-state index contributed by atoms with van der Waals surface area (Å²) in [4.78, 5) is 26.8. The second-order valence-electron chi connectivity index (χ2n) is 8.62. The zero-order valence-electron chi connectivity index (χ0n) is 17.5. The fourth-order valence-corrected chi connectivity index (χ4v) is 4.35. The van der Waals surface area contributed by atoms with Crippen molar-refractivity contribution in [3.05, 3.63) is 30.1 Å². The number of nitrogens with zero attached hydrogens (tertiary/aromatic N) is 1. The van der Waals surface area contributed by atoms with Gasteiger partial charge in [-0.05, 0) is 56.4 Å². The van der Waals surface area contributed by atoms with E-state index in [4.69, 9.17) is 9.47 Å². The standard InChI is InChI=1S/C22H30FN3O5/c23-14-4-6-16(7-5-14)25-22(29)26-11-17(27)12-30-13-20-19(26)9-8-18(31-20)10-21(28)24-15-2-1-3-15/h4-7,15,17-20,27H,1-3,8-13H2,(H,24,28)(H,25,29)/t17-,18+,19-,20+/m1/s1. The van der Waals surface area contributed by atoms with Gasteiger partial charge in [-0.3, -0.25) is 4.79 Å². The summed E-state index contributed by atoms with van der Waals surface area (Å²) in [7, 11) is 0. The molecule has 8 nitrogen and oxygen atoms in total. The number of hydrogen-bond donors (Lipinski definition) is 3. The fraction of sp³-hybridized carbons (Fsp3) is 0.636. The molecule has 1 aromatic rings. The van der Waals surface area contributed by atoms with E-state index in [-0.39, 0.29) is 55.8 Å². The minimum absolute atomic E-state index is 0.00115. The minimum atomic E-state index is -0.814. The smallest absolute Gasteiger partial charge is 0.322 e. The molecule has 1 aliphatic carbocycles. The molecule has 0 spiro atoms. The van der Waals surface area contributed by atoms with Crippen LogP contribution in [0.2, 0.25) is 0 Å². The summed E-state index contributed by atoms with van der Waals surface area (Å²) in [6, 6.07) is 5.15. The molecule has 31 heavy (non-hydrogen) atoms. The Kier molecular flexibility index (Phi) is 7.04. The van der Waals surface area contributed by atoms with E-state index in [0.717, 1.165) is 19.3 Å². The van der Waals surface area contributed by atoms with Gasteiger partial charge >= 0.3 is 6.03 Å². The number of urea groups is 1. The maximum Gasteiger partial charge on any atom is 0.322 e. The molecule has 3 fully saturated rings. The van der Waals surface area contributed by atoms with Crippen molar-refractivity contribution in [2.75, 3.05) is 25.1 Å². The van der Waals surface area contributed by atoms with Gasteiger partial charge in [-0.1, -0.05) is 0 Å². The molecule has 0 radical (unpaired) electrons. The Morgan fingerprint density at radius 3 is 2.61 bits per heavy atom. The number of amides is 3. The molecular weight excluding hydrogens is 405 g/mol. The Morgan fingerprint density at radius 2 is 1.90 bits per heavy atom. The van der Waals surface area contributed by atoms with Crippen LogP contribution in [0, 0.1) is 5.82 Å². The number of hydrogen-bond acceptors (Lipinski definition) is 5. The Hall–Kier alpha value is -2.23. The second-order valence-corrected chi connectivity index (χ2v) is 8.62. The molecule has 0 bridgehead atoms. The predicted molar refractivity (Wildman–Crippen MR) is 111 cm³/mol. The molecule has 170 valence electrons. The molecule has 0 unspecified atom stereocenters. The highest BCUT2D eigenvalue weighted by molar-refractivity contribution is 5.89. The van der Waals surface area contributed by atoms with Crippen LogP contribution >= 0.6 is 0 Å².